The number of nitrogens with zero attached hydrogens (tertiary/aromatic N) is 4. The van der Waals surface area contributed by atoms with Gasteiger partial charge in [-0.15, -0.1) is 11.3 Å². The lowest BCUT2D eigenvalue weighted by Crippen LogP contribution is -2.30. The topological polar surface area (TPSA) is 64.2 Å². The first-order valence-electron chi connectivity index (χ1n) is 9.25. The third-order valence-corrected chi connectivity index (χ3v) is 5.53. The molecular weight excluding hydrogens is 429 g/mol. The van der Waals surface area contributed by atoms with E-state index in [1.807, 2.05) is 17.5 Å². The first-order valence-corrected chi connectivity index (χ1v) is 10.1. The molecule has 6 nitrogen and oxygen atoms in total. The van der Waals surface area contributed by atoms with E-state index >= 15 is 0 Å². The number of aromatic nitrogens is 3. The third kappa shape index (κ3) is 4.53. The number of rotatable bonds is 6. The molecule has 4 aromatic heterocycles. The predicted molar refractivity (Wildman–Crippen MR) is 108 cm³/mol. The van der Waals surface area contributed by atoms with Crippen LogP contribution in [0.3, 0.4) is 0 Å². The fraction of sp³-hybridized carbons (Fsp3) is 0.190. The van der Waals surface area contributed by atoms with E-state index in [-0.39, 0.29) is 18.3 Å². The number of hydrogen-bond acceptors (Lipinski definition) is 5. The molecule has 0 aliphatic heterocycles. The summed E-state index contributed by atoms with van der Waals surface area (Å²) in [5.41, 5.74) is -0.0318. The van der Waals surface area contributed by atoms with E-state index in [0.717, 1.165) is 17.1 Å². The monoisotopic (exact) mass is 446 g/mol. The van der Waals surface area contributed by atoms with Crippen molar-refractivity contribution in [2.75, 3.05) is 0 Å². The fourth-order valence-corrected chi connectivity index (χ4v) is 3.80. The van der Waals surface area contributed by atoms with Crippen LogP contribution >= 0.6 is 11.3 Å². The zero-order chi connectivity index (χ0) is 22.0. The molecule has 0 spiro atoms. The summed E-state index contributed by atoms with van der Waals surface area (Å²) in [5, 5.41) is 6.11. The van der Waals surface area contributed by atoms with Crippen LogP contribution < -0.4 is 0 Å². The van der Waals surface area contributed by atoms with E-state index in [1.54, 1.807) is 30.2 Å². The maximum absolute atomic E-state index is 13.3. The van der Waals surface area contributed by atoms with Gasteiger partial charge in [0.2, 0.25) is 0 Å². The van der Waals surface area contributed by atoms with Crippen molar-refractivity contribution in [3.63, 3.8) is 0 Å². The van der Waals surface area contributed by atoms with Crippen LogP contribution in [0.1, 0.15) is 32.3 Å². The Morgan fingerprint density at radius 2 is 2.00 bits per heavy atom. The molecule has 31 heavy (non-hydrogen) atoms. The van der Waals surface area contributed by atoms with Gasteiger partial charge in [-0.25, -0.2) is 9.67 Å². The Kier molecular flexibility index (Phi) is 5.64. The average Bonchev–Trinajstić information content (AvgIpc) is 3.49. The number of carbonyl (C=O) groups excluding carboxylic acids is 1. The lowest BCUT2D eigenvalue weighted by molar-refractivity contribution is -0.137. The lowest BCUT2D eigenvalue weighted by Gasteiger charge is -2.21. The highest BCUT2D eigenvalue weighted by atomic mass is 32.1. The Morgan fingerprint density at radius 1 is 1.16 bits per heavy atom. The van der Waals surface area contributed by atoms with Gasteiger partial charge in [0.05, 0.1) is 42.4 Å². The van der Waals surface area contributed by atoms with E-state index < -0.39 is 11.7 Å². The van der Waals surface area contributed by atoms with Gasteiger partial charge >= 0.3 is 6.18 Å². The molecule has 0 saturated heterocycles. The van der Waals surface area contributed by atoms with Crippen molar-refractivity contribution in [1.82, 2.24) is 19.7 Å². The fourth-order valence-electron chi connectivity index (χ4n) is 3.08. The summed E-state index contributed by atoms with van der Waals surface area (Å²) in [5.74, 6) is 0.570. The summed E-state index contributed by atoms with van der Waals surface area (Å²) in [6.07, 6.45) is -0.777. The number of alkyl halides is 3. The highest BCUT2D eigenvalue weighted by Gasteiger charge is 2.31. The molecule has 10 heteroatoms. The molecule has 4 aromatic rings. The maximum atomic E-state index is 13.3. The maximum Gasteiger partial charge on any atom is 0.417 e. The minimum atomic E-state index is -4.47. The van der Waals surface area contributed by atoms with Crippen molar-refractivity contribution in [1.29, 1.82) is 0 Å². The standard InChI is InChI=1S/C21H17F3N4O2S/c1-14-18(11-26-28(14)19-7-6-15(10-25-19)21(22,23)24)20(29)27(12-16-4-2-8-30-16)13-17-5-3-9-31-17/h2-11H,12-13H2,1H3. The van der Waals surface area contributed by atoms with Crippen molar-refractivity contribution in [2.24, 2.45) is 0 Å². The van der Waals surface area contributed by atoms with Crippen molar-refractivity contribution < 1.29 is 22.4 Å². The second-order valence-corrected chi connectivity index (χ2v) is 7.81. The Morgan fingerprint density at radius 3 is 2.61 bits per heavy atom. The van der Waals surface area contributed by atoms with E-state index in [1.165, 1.54) is 28.3 Å². The van der Waals surface area contributed by atoms with Gasteiger partial charge in [-0.1, -0.05) is 6.07 Å². The second-order valence-electron chi connectivity index (χ2n) is 6.78. The number of furan rings is 1. The van der Waals surface area contributed by atoms with Crippen LogP contribution in [-0.4, -0.2) is 25.6 Å². The molecule has 0 aliphatic rings. The van der Waals surface area contributed by atoms with Crippen molar-refractivity contribution >= 4 is 17.2 Å². The molecule has 0 unspecified atom stereocenters. The smallest absolute Gasteiger partial charge is 0.417 e. The van der Waals surface area contributed by atoms with Crippen molar-refractivity contribution in [2.45, 2.75) is 26.2 Å². The molecule has 0 fully saturated rings. The van der Waals surface area contributed by atoms with Crippen LogP contribution in [0.5, 0.6) is 0 Å². The predicted octanol–water partition coefficient (Wildman–Crippen LogP) is 5.09. The van der Waals surface area contributed by atoms with Gasteiger partial charge in [-0.2, -0.15) is 18.3 Å². The zero-order valence-electron chi connectivity index (χ0n) is 16.3. The van der Waals surface area contributed by atoms with Gasteiger partial charge in [0.1, 0.15) is 5.76 Å². The summed E-state index contributed by atoms with van der Waals surface area (Å²) >= 11 is 1.54. The quantitative estimate of drug-likeness (QED) is 0.414. The van der Waals surface area contributed by atoms with Crippen LogP contribution in [0.25, 0.3) is 5.82 Å². The SMILES string of the molecule is Cc1c(C(=O)N(Cc2ccco2)Cc2cccs2)cnn1-c1ccc(C(F)(F)F)cn1. The molecule has 4 heterocycles. The molecule has 0 saturated carbocycles. The number of carbonyl (C=O) groups is 1. The van der Waals surface area contributed by atoms with Crippen molar-refractivity contribution in [3.05, 3.63) is 87.9 Å². The Hall–Kier alpha value is -3.40. The van der Waals surface area contributed by atoms with Gasteiger partial charge in [0, 0.05) is 11.1 Å². The first kappa shape index (κ1) is 20.9. The summed E-state index contributed by atoms with van der Waals surface area (Å²) in [4.78, 5) is 19.8. The number of thiophene rings is 1. The van der Waals surface area contributed by atoms with Gasteiger partial charge in [-0.3, -0.25) is 4.79 Å². The van der Waals surface area contributed by atoms with E-state index in [9.17, 15) is 18.0 Å². The largest absolute Gasteiger partial charge is 0.467 e. The molecule has 0 aromatic carbocycles. The van der Waals surface area contributed by atoms with Gasteiger partial charge in [0.15, 0.2) is 5.82 Å². The molecule has 0 aliphatic carbocycles. The summed E-state index contributed by atoms with van der Waals surface area (Å²) < 4.78 is 45.1. The molecule has 4 rings (SSSR count). The van der Waals surface area contributed by atoms with Crippen LogP contribution in [0.4, 0.5) is 13.2 Å². The zero-order valence-corrected chi connectivity index (χ0v) is 17.2. The average molecular weight is 446 g/mol. The molecule has 0 bridgehead atoms. The number of halogens is 3. The Balaban J connectivity index is 1.61. The molecule has 1 amide bonds. The summed E-state index contributed by atoms with van der Waals surface area (Å²) in [6.45, 7) is 2.34. The van der Waals surface area contributed by atoms with Gasteiger partial charge < -0.3 is 9.32 Å². The summed E-state index contributed by atoms with van der Waals surface area (Å²) in [6, 6.07) is 9.55. The summed E-state index contributed by atoms with van der Waals surface area (Å²) in [7, 11) is 0. The Labute approximate surface area is 179 Å². The number of amides is 1. The minimum Gasteiger partial charge on any atom is -0.467 e. The third-order valence-electron chi connectivity index (χ3n) is 4.67. The molecule has 160 valence electrons. The lowest BCUT2D eigenvalue weighted by atomic mass is 10.2. The van der Waals surface area contributed by atoms with Crippen LogP contribution in [0.15, 0.2) is 64.9 Å². The molecular formula is C21H17F3N4O2S. The second kappa shape index (κ2) is 8.38. The van der Waals surface area contributed by atoms with Crippen LogP contribution in [0.2, 0.25) is 0 Å². The highest BCUT2D eigenvalue weighted by molar-refractivity contribution is 7.09. The van der Waals surface area contributed by atoms with Gasteiger partial charge in [-0.05, 0) is 42.6 Å². The number of pyridine rings is 1. The van der Waals surface area contributed by atoms with Crippen LogP contribution in [0, 0.1) is 6.92 Å². The first-order chi connectivity index (χ1) is 14.8. The molecule has 0 N–H and O–H groups in total. The normalized spacial score (nSPS) is 11.6. The van der Waals surface area contributed by atoms with Gasteiger partial charge in [0.25, 0.3) is 5.91 Å². The molecule has 0 radical (unpaired) electrons. The van der Waals surface area contributed by atoms with E-state index in [4.69, 9.17) is 4.42 Å². The highest BCUT2D eigenvalue weighted by Crippen LogP contribution is 2.29. The molecule has 0 atom stereocenters. The van der Waals surface area contributed by atoms with Crippen molar-refractivity contribution in [3.8, 4) is 5.82 Å². The minimum absolute atomic E-state index is 0.195. The van der Waals surface area contributed by atoms with E-state index in [0.29, 0.717) is 23.6 Å². The number of hydrogen-bond donors (Lipinski definition) is 0. The van der Waals surface area contributed by atoms with E-state index in [2.05, 4.69) is 10.1 Å². The van der Waals surface area contributed by atoms with Crippen LogP contribution in [-0.2, 0) is 19.3 Å². The Bertz CT molecular complexity index is 1110.